The number of carbonyl (C=O) groups excluding carboxylic acids is 1. The molecule has 0 aliphatic heterocycles. The van der Waals surface area contributed by atoms with Crippen molar-refractivity contribution >= 4 is 17.2 Å². The number of fused-ring (bicyclic) bond motifs is 1. The van der Waals surface area contributed by atoms with Crippen LogP contribution in [0, 0.1) is 12.8 Å². The van der Waals surface area contributed by atoms with Gasteiger partial charge >= 0.3 is 0 Å². The molecule has 25 heavy (non-hydrogen) atoms. The van der Waals surface area contributed by atoms with Crippen LogP contribution < -0.4 is 5.32 Å². The summed E-state index contributed by atoms with van der Waals surface area (Å²) in [5, 5.41) is 10.8. The Bertz CT molecular complexity index is 888. The molecular formula is C17H18N6OS. The number of H-pyrrole nitrogens is 1. The van der Waals surface area contributed by atoms with Crippen LogP contribution >= 0.6 is 11.3 Å². The molecule has 0 spiro atoms. The van der Waals surface area contributed by atoms with Crippen LogP contribution in [-0.2, 0) is 24.2 Å². The molecule has 2 N–H and O–H groups in total. The Morgan fingerprint density at radius 3 is 2.96 bits per heavy atom. The fourth-order valence-corrected chi connectivity index (χ4v) is 4.11. The van der Waals surface area contributed by atoms with Crippen LogP contribution in [0.2, 0.25) is 0 Å². The van der Waals surface area contributed by atoms with Gasteiger partial charge in [-0.05, 0) is 31.9 Å². The smallest absolute Gasteiger partial charge is 0.223 e. The van der Waals surface area contributed by atoms with E-state index in [0.717, 1.165) is 34.9 Å². The second kappa shape index (κ2) is 6.72. The molecule has 0 bridgehead atoms. The van der Waals surface area contributed by atoms with Crippen molar-refractivity contribution in [3.63, 3.8) is 0 Å². The first-order chi connectivity index (χ1) is 12.2. The highest BCUT2D eigenvalue weighted by Gasteiger charge is 2.27. The number of aromatic nitrogens is 5. The summed E-state index contributed by atoms with van der Waals surface area (Å²) in [6, 6.07) is 3.93. The quantitative estimate of drug-likeness (QED) is 0.747. The van der Waals surface area contributed by atoms with Crippen LogP contribution in [0.3, 0.4) is 0 Å². The van der Waals surface area contributed by atoms with E-state index in [0.29, 0.717) is 18.8 Å². The number of nitrogens with one attached hydrogen (secondary N) is 2. The van der Waals surface area contributed by atoms with E-state index in [2.05, 4.69) is 25.5 Å². The first-order valence-electron chi connectivity index (χ1n) is 8.23. The molecule has 0 saturated carbocycles. The zero-order valence-electron chi connectivity index (χ0n) is 13.8. The van der Waals surface area contributed by atoms with Gasteiger partial charge in [0.25, 0.3) is 0 Å². The average molecular weight is 354 g/mol. The minimum absolute atomic E-state index is 0.0417. The van der Waals surface area contributed by atoms with Crippen LogP contribution in [0.5, 0.6) is 0 Å². The fourth-order valence-electron chi connectivity index (χ4n) is 3.00. The monoisotopic (exact) mass is 354 g/mol. The van der Waals surface area contributed by atoms with Crippen LogP contribution in [0.15, 0.2) is 24.5 Å². The zero-order valence-corrected chi connectivity index (χ0v) is 14.6. The van der Waals surface area contributed by atoms with Gasteiger partial charge in [-0.1, -0.05) is 0 Å². The Morgan fingerprint density at radius 1 is 1.36 bits per heavy atom. The summed E-state index contributed by atoms with van der Waals surface area (Å²) >= 11 is 1.72. The molecule has 1 amide bonds. The third-order valence-corrected chi connectivity index (χ3v) is 5.51. The Balaban J connectivity index is 1.42. The van der Waals surface area contributed by atoms with E-state index < -0.39 is 0 Å². The van der Waals surface area contributed by atoms with Crippen molar-refractivity contribution in [2.45, 2.75) is 32.7 Å². The molecule has 128 valence electrons. The topological polar surface area (TPSA) is 96.5 Å². The standard InChI is InChI=1S/C17H18N6OS/c1-10-20-15(23-22-10)9-19-16(24)12-2-3-14-13(8-12)21-17(25-14)11-4-6-18-7-5-11/h4-7,12H,2-3,8-9H2,1H3,(H,19,24)(H,20,22,23). The molecule has 0 saturated heterocycles. The fraction of sp³-hybridized carbons (Fsp3) is 0.353. The molecule has 0 aromatic carbocycles. The summed E-state index contributed by atoms with van der Waals surface area (Å²) in [5.74, 6) is 1.36. The summed E-state index contributed by atoms with van der Waals surface area (Å²) in [5.41, 5.74) is 2.13. The Morgan fingerprint density at radius 2 is 2.20 bits per heavy atom. The molecule has 3 heterocycles. The number of hydrogen-bond acceptors (Lipinski definition) is 6. The van der Waals surface area contributed by atoms with Gasteiger partial charge in [-0.25, -0.2) is 9.97 Å². The third kappa shape index (κ3) is 3.43. The van der Waals surface area contributed by atoms with Crippen molar-refractivity contribution in [1.82, 2.24) is 30.5 Å². The maximum atomic E-state index is 12.5. The SMILES string of the molecule is Cc1nc(CNC(=O)C2CCc3sc(-c4ccncc4)nc3C2)n[nH]1. The lowest BCUT2D eigenvalue weighted by atomic mass is 9.90. The molecule has 0 radical (unpaired) electrons. The molecule has 1 aliphatic rings. The van der Waals surface area contributed by atoms with Crippen LogP contribution in [0.25, 0.3) is 10.6 Å². The molecule has 0 fully saturated rings. The van der Waals surface area contributed by atoms with Gasteiger partial charge < -0.3 is 5.32 Å². The van der Waals surface area contributed by atoms with Crippen molar-refractivity contribution in [2.24, 2.45) is 5.92 Å². The average Bonchev–Trinajstić information content (AvgIpc) is 3.25. The Kier molecular flexibility index (Phi) is 4.27. The molecule has 3 aromatic heterocycles. The van der Waals surface area contributed by atoms with Crippen molar-refractivity contribution in [3.05, 3.63) is 46.7 Å². The molecule has 4 rings (SSSR count). The number of thiazole rings is 1. The lowest BCUT2D eigenvalue weighted by Gasteiger charge is -2.20. The number of aromatic amines is 1. The minimum Gasteiger partial charge on any atom is -0.348 e. The van der Waals surface area contributed by atoms with E-state index in [1.54, 1.807) is 23.7 Å². The van der Waals surface area contributed by atoms with E-state index in [1.807, 2.05) is 19.1 Å². The number of amides is 1. The van der Waals surface area contributed by atoms with Gasteiger partial charge in [0.2, 0.25) is 5.91 Å². The summed E-state index contributed by atoms with van der Waals surface area (Å²) in [7, 11) is 0. The highest BCUT2D eigenvalue weighted by Crippen LogP contribution is 2.34. The summed E-state index contributed by atoms with van der Waals surface area (Å²) in [6.07, 6.45) is 5.99. The molecule has 3 aromatic rings. The highest BCUT2D eigenvalue weighted by molar-refractivity contribution is 7.15. The second-order valence-electron chi connectivity index (χ2n) is 6.12. The van der Waals surface area contributed by atoms with Gasteiger partial charge in [-0.2, -0.15) is 5.10 Å². The largest absolute Gasteiger partial charge is 0.348 e. The van der Waals surface area contributed by atoms with Gasteiger partial charge in [-0.15, -0.1) is 11.3 Å². The summed E-state index contributed by atoms with van der Waals surface area (Å²) in [4.78, 5) is 26.8. The molecule has 7 nitrogen and oxygen atoms in total. The predicted molar refractivity (Wildman–Crippen MR) is 93.8 cm³/mol. The Hall–Kier alpha value is -2.61. The van der Waals surface area contributed by atoms with E-state index in [1.165, 1.54) is 4.88 Å². The van der Waals surface area contributed by atoms with Gasteiger partial charge in [-0.3, -0.25) is 14.9 Å². The van der Waals surface area contributed by atoms with Crippen molar-refractivity contribution in [3.8, 4) is 10.6 Å². The number of carbonyl (C=O) groups is 1. The molecule has 1 atom stereocenters. The predicted octanol–water partition coefficient (Wildman–Crippen LogP) is 2.05. The number of aryl methyl sites for hydroxylation is 2. The van der Waals surface area contributed by atoms with Gasteiger partial charge in [0, 0.05) is 35.2 Å². The zero-order chi connectivity index (χ0) is 17.2. The van der Waals surface area contributed by atoms with Crippen molar-refractivity contribution in [1.29, 1.82) is 0 Å². The maximum Gasteiger partial charge on any atom is 0.223 e. The van der Waals surface area contributed by atoms with E-state index in [4.69, 9.17) is 4.98 Å². The molecule has 8 heteroatoms. The second-order valence-corrected chi connectivity index (χ2v) is 7.20. The van der Waals surface area contributed by atoms with Gasteiger partial charge in [0.05, 0.1) is 12.2 Å². The van der Waals surface area contributed by atoms with E-state index >= 15 is 0 Å². The van der Waals surface area contributed by atoms with Crippen molar-refractivity contribution in [2.75, 3.05) is 0 Å². The lowest BCUT2D eigenvalue weighted by molar-refractivity contribution is -0.125. The van der Waals surface area contributed by atoms with E-state index in [9.17, 15) is 4.79 Å². The normalized spacial score (nSPS) is 16.4. The molecular weight excluding hydrogens is 336 g/mol. The summed E-state index contributed by atoms with van der Waals surface area (Å²) < 4.78 is 0. The number of nitrogens with zero attached hydrogens (tertiary/aromatic N) is 4. The highest BCUT2D eigenvalue weighted by atomic mass is 32.1. The molecule has 1 aliphatic carbocycles. The van der Waals surface area contributed by atoms with Crippen LogP contribution in [-0.4, -0.2) is 31.1 Å². The van der Waals surface area contributed by atoms with Gasteiger partial charge in [0.1, 0.15) is 10.8 Å². The number of rotatable bonds is 4. The number of pyridine rings is 1. The minimum atomic E-state index is -0.0417. The first-order valence-corrected chi connectivity index (χ1v) is 9.05. The van der Waals surface area contributed by atoms with Crippen LogP contribution in [0.1, 0.15) is 28.6 Å². The Labute approximate surface area is 149 Å². The van der Waals surface area contributed by atoms with E-state index in [-0.39, 0.29) is 11.8 Å². The van der Waals surface area contributed by atoms with Gasteiger partial charge in [0.15, 0.2) is 5.82 Å². The first kappa shape index (κ1) is 15.9. The number of hydrogen-bond donors (Lipinski definition) is 2. The van der Waals surface area contributed by atoms with Crippen molar-refractivity contribution < 1.29 is 4.79 Å². The third-order valence-electron chi connectivity index (χ3n) is 4.30. The van der Waals surface area contributed by atoms with Crippen LogP contribution in [0.4, 0.5) is 0 Å². The maximum absolute atomic E-state index is 12.5. The molecule has 1 unspecified atom stereocenters. The summed E-state index contributed by atoms with van der Waals surface area (Å²) in [6.45, 7) is 2.19. The lowest BCUT2D eigenvalue weighted by Crippen LogP contribution is -2.33.